The molecule has 1 aliphatic heterocycles. The Balaban J connectivity index is 2.01. The van der Waals surface area contributed by atoms with Crippen LogP contribution >= 0.6 is 0 Å². The maximum Gasteiger partial charge on any atom is 0.254 e. The van der Waals surface area contributed by atoms with Crippen LogP contribution < -0.4 is 5.32 Å². The van der Waals surface area contributed by atoms with E-state index in [1.807, 2.05) is 11.9 Å². The number of hydrogen-bond acceptors (Lipinski definition) is 2. The number of aryl methyl sites for hydroxylation is 1. The molecule has 4 heteroatoms. The number of rotatable bonds is 3. The van der Waals surface area contributed by atoms with Crippen LogP contribution in [0.3, 0.4) is 0 Å². The van der Waals surface area contributed by atoms with Gasteiger partial charge in [0.1, 0.15) is 5.82 Å². The highest BCUT2D eigenvalue weighted by Gasteiger charge is 2.24. The van der Waals surface area contributed by atoms with Crippen LogP contribution in [0.5, 0.6) is 0 Å². The van der Waals surface area contributed by atoms with Crippen molar-refractivity contribution in [1.82, 2.24) is 10.2 Å². The first-order valence-corrected chi connectivity index (χ1v) is 6.82. The third-order valence-corrected chi connectivity index (χ3v) is 3.81. The fraction of sp³-hybridized carbons (Fsp3) is 0.533. The molecule has 0 unspecified atom stereocenters. The Hall–Kier alpha value is -1.42. The van der Waals surface area contributed by atoms with Gasteiger partial charge in [-0.25, -0.2) is 4.39 Å². The lowest BCUT2D eigenvalue weighted by atomic mass is 9.96. The van der Waals surface area contributed by atoms with Gasteiger partial charge in [-0.2, -0.15) is 0 Å². The van der Waals surface area contributed by atoms with Gasteiger partial charge < -0.3 is 10.2 Å². The monoisotopic (exact) mass is 264 g/mol. The zero-order valence-electron chi connectivity index (χ0n) is 11.6. The predicted molar refractivity (Wildman–Crippen MR) is 73.7 cm³/mol. The summed E-state index contributed by atoms with van der Waals surface area (Å²) in [5, 5.41) is 3.18. The average molecular weight is 264 g/mol. The normalized spacial score (nSPS) is 16.7. The molecule has 0 radical (unpaired) electrons. The molecule has 1 heterocycles. The van der Waals surface area contributed by atoms with Crippen molar-refractivity contribution in [1.29, 1.82) is 0 Å². The topological polar surface area (TPSA) is 32.3 Å². The number of nitrogens with zero attached hydrogens (tertiary/aromatic N) is 1. The Bertz CT molecular complexity index is 453. The molecule has 0 atom stereocenters. The van der Waals surface area contributed by atoms with Gasteiger partial charge in [-0.3, -0.25) is 4.79 Å². The zero-order valence-corrected chi connectivity index (χ0v) is 11.6. The standard InChI is InChI=1S/C15H21FN2O/c1-11-9-13(16)3-4-14(11)15(19)18-7-5-12(6-8-18)10-17-2/h3-4,9,12,17H,5-8,10H2,1-2H3. The van der Waals surface area contributed by atoms with E-state index in [9.17, 15) is 9.18 Å². The van der Waals surface area contributed by atoms with Crippen molar-refractivity contribution >= 4 is 5.91 Å². The first-order valence-electron chi connectivity index (χ1n) is 6.82. The van der Waals surface area contributed by atoms with Gasteiger partial charge in [0.05, 0.1) is 0 Å². The lowest BCUT2D eigenvalue weighted by molar-refractivity contribution is 0.0690. The molecule has 1 fully saturated rings. The van der Waals surface area contributed by atoms with E-state index in [-0.39, 0.29) is 11.7 Å². The highest BCUT2D eigenvalue weighted by molar-refractivity contribution is 5.95. The van der Waals surface area contributed by atoms with Crippen LogP contribution in [0.25, 0.3) is 0 Å². The molecule has 1 aliphatic rings. The number of likely N-dealkylation sites (tertiary alicyclic amines) is 1. The van der Waals surface area contributed by atoms with E-state index < -0.39 is 0 Å². The third kappa shape index (κ3) is 3.32. The summed E-state index contributed by atoms with van der Waals surface area (Å²) in [6.07, 6.45) is 2.07. The zero-order chi connectivity index (χ0) is 13.8. The molecule has 1 aromatic carbocycles. The summed E-state index contributed by atoms with van der Waals surface area (Å²) >= 11 is 0. The maximum atomic E-state index is 13.1. The molecule has 1 aromatic rings. The summed E-state index contributed by atoms with van der Waals surface area (Å²) in [5.74, 6) is 0.394. The molecule has 2 rings (SSSR count). The lowest BCUT2D eigenvalue weighted by Crippen LogP contribution is -2.40. The Morgan fingerprint density at radius 1 is 1.42 bits per heavy atom. The quantitative estimate of drug-likeness (QED) is 0.907. The molecular weight excluding hydrogens is 243 g/mol. The first kappa shape index (κ1) is 14.0. The summed E-state index contributed by atoms with van der Waals surface area (Å²) in [5.41, 5.74) is 1.33. The Morgan fingerprint density at radius 3 is 2.68 bits per heavy atom. The number of hydrogen-bond donors (Lipinski definition) is 1. The molecule has 0 saturated carbocycles. The van der Waals surface area contributed by atoms with Crippen molar-refractivity contribution in [3.63, 3.8) is 0 Å². The van der Waals surface area contributed by atoms with Gasteiger partial charge in [-0.05, 0) is 63.0 Å². The van der Waals surface area contributed by atoms with Gasteiger partial charge >= 0.3 is 0 Å². The fourth-order valence-corrected chi connectivity index (χ4v) is 2.67. The van der Waals surface area contributed by atoms with Gasteiger partial charge in [-0.1, -0.05) is 0 Å². The van der Waals surface area contributed by atoms with Gasteiger partial charge in [0.25, 0.3) is 5.91 Å². The lowest BCUT2D eigenvalue weighted by Gasteiger charge is -2.32. The smallest absolute Gasteiger partial charge is 0.254 e. The van der Waals surface area contributed by atoms with Gasteiger partial charge in [-0.15, -0.1) is 0 Å². The first-order chi connectivity index (χ1) is 9.11. The average Bonchev–Trinajstić information content (AvgIpc) is 2.39. The second-order valence-corrected chi connectivity index (χ2v) is 5.25. The maximum absolute atomic E-state index is 13.1. The number of carbonyl (C=O) groups excluding carboxylic acids is 1. The molecule has 1 N–H and O–H groups in total. The van der Waals surface area contributed by atoms with E-state index in [4.69, 9.17) is 0 Å². The Kier molecular flexibility index (Phi) is 4.53. The van der Waals surface area contributed by atoms with E-state index >= 15 is 0 Å². The molecular formula is C15H21FN2O. The van der Waals surface area contributed by atoms with Gasteiger partial charge in [0, 0.05) is 18.7 Å². The number of piperidine rings is 1. The van der Waals surface area contributed by atoms with Crippen molar-refractivity contribution in [3.05, 3.63) is 35.1 Å². The second-order valence-electron chi connectivity index (χ2n) is 5.25. The number of amides is 1. The highest BCUT2D eigenvalue weighted by atomic mass is 19.1. The van der Waals surface area contributed by atoms with Crippen molar-refractivity contribution in [2.45, 2.75) is 19.8 Å². The molecule has 0 bridgehead atoms. The molecule has 104 valence electrons. The van der Waals surface area contributed by atoms with Crippen molar-refractivity contribution in [3.8, 4) is 0 Å². The van der Waals surface area contributed by atoms with Crippen LogP contribution in [0.4, 0.5) is 4.39 Å². The van der Waals surface area contributed by atoms with Crippen LogP contribution in [0.1, 0.15) is 28.8 Å². The Morgan fingerprint density at radius 2 is 2.11 bits per heavy atom. The minimum atomic E-state index is -0.290. The van der Waals surface area contributed by atoms with E-state index in [1.165, 1.54) is 12.1 Å². The van der Waals surface area contributed by atoms with Crippen molar-refractivity contribution < 1.29 is 9.18 Å². The molecule has 19 heavy (non-hydrogen) atoms. The van der Waals surface area contributed by atoms with Crippen LogP contribution in [0.2, 0.25) is 0 Å². The molecule has 3 nitrogen and oxygen atoms in total. The second kappa shape index (κ2) is 6.15. The SMILES string of the molecule is CNCC1CCN(C(=O)c2ccc(F)cc2C)CC1. The predicted octanol–water partition coefficient (Wildman–Crippen LogP) is 2.21. The van der Waals surface area contributed by atoms with Gasteiger partial charge in [0.2, 0.25) is 0 Å². The molecule has 0 aliphatic carbocycles. The van der Waals surface area contributed by atoms with E-state index in [2.05, 4.69) is 5.32 Å². The Labute approximate surface area is 113 Å². The number of carbonyl (C=O) groups is 1. The van der Waals surface area contributed by atoms with E-state index in [0.717, 1.165) is 32.5 Å². The summed E-state index contributed by atoms with van der Waals surface area (Å²) in [6.45, 7) is 4.38. The van der Waals surface area contributed by atoms with E-state index in [1.54, 1.807) is 13.0 Å². The fourth-order valence-electron chi connectivity index (χ4n) is 2.67. The van der Waals surface area contributed by atoms with Gasteiger partial charge in [0.15, 0.2) is 0 Å². The minimum Gasteiger partial charge on any atom is -0.339 e. The summed E-state index contributed by atoms with van der Waals surface area (Å²) < 4.78 is 13.1. The van der Waals surface area contributed by atoms with Crippen molar-refractivity contribution in [2.24, 2.45) is 5.92 Å². The van der Waals surface area contributed by atoms with Crippen LogP contribution in [0.15, 0.2) is 18.2 Å². The summed E-state index contributed by atoms with van der Waals surface area (Å²) in [6, 6.07) is 4.36. The van der Waals surface area contributed by atoms with E-state index in [0.29, 0.717) is 17.0 Å². The molecule has 0 spiro atoms. The molecule has 0 aromatic heterocycles. The summed E-state index contributed by atoms with van der Waals surface area (Å²) in [4.78, 5) is 14.3. The molecule has 1 amide bonds. The summed E-state index contributed by atoms with van der Waals surface area (Å²) in [7, 11) is 1.96. The highest BCUT2D eigenvalue weighted by Crippen LogP contribution is 2.20. The minimum absolute atomic E-state index is 0.0282. The number of halogens is 1. The van der Waals surface area contributed by atoms with Crippen LogP contribution in [0, 0.1) is 18.7 Å². The van der Waals surface area contributed by atoms with Crippen LogP contribution in [-0.4, -0.2) is 37.5 Å². The molecule has 1 saturated heterocycles. The van der Waals surface area contributed by atoms with Crippen LogP contribution in [-0.2, 0) is 0 Å². The third-order valence-electron chi connectivity index (χ3n) is 3.81. The van der Waals surface area contributed by atoms with Crippen molar-refractivity contribution in [2.75, 3.05) is 26.7 Å². The number of nitrogens with one attached hydrogen (secondary N) is 1. The number of benzene rings is 1. The largest absolute Gasteiger partial charge is 0.339 e.